The number of benzene rings is 3. The van der Waals surface area contributed by atoms with Gasteiger partial charge in [-0.05, 0) is 36.8 Å². The fourth-order valence-electron chi connectivity index (χ4n) is 5.54. The molecule has 1 fully saturated rings. The van der Waals surface area contributed by atoms with Gasteiger partial charge in [0.05, 0.1) is 17.7 Å². The standard InChI is InChI=1S/C33H27ClF2N6O3/c1-18(43)32-25-12-20(21-14-37-19(2)38-15-21)10-11-28(25)42(40-32)17-30(44)41-16-22(35)13-29(41)33(45)39-27-9-5-7-24(31(27)36)23-6-3-4-8-26(23)34/h3-12,14-15,22,29H,13,16-17H2,1-2H3,(H,39,45)/t22-,29?/m1/s1. The molecule has 1 saturated heterocycles. The zero-order valence-electron chi connectivity index (χ0n) is 24.3. The van der Waals surface area contributed by atoms with E-state index in [1.54, 1.807) is 67.8 Å². The molecule has 45 heavy (non-hydrogen) atoms. The van der Waals surface area contributed by atoms with E-state index in [1.807, 2.05) is 0 Å². The second-order valence-electron chi connectivity index (χ2n) is 10.8. The topological polar surface area (TPSA) is 110 Å². The van der Waals surface area contributed by atoms with Crippen LogP contribution in [0.5, 0.6) is 0 Å². The first-order chi connectivity index (χ1) is 21.6. The Balaban J connectivity index is 1.25. The van der Waals surface area contributed by atoms with Crippen molar-refractivity contribution in [1.29, 1.82) is 0 Å². The maximum atomic E-state index is 15.5. The predicted molar refractivity (Wildman–Crippen MR) is 166 cm³/mol. The number of Topliss-reactive ketones (excluding diaryl/α,β-unsaturated/α-hetero) is 1. The monoisotopic (exact) mass is 628 g/mol. The summed E-state index contributed by atoms with van der Waals surface area (Å²) in [6.45, 7) is 2.50. The number of hydrogen-bond acceptors (Lipinski definition) is 6. The molecule has 0 bridgehead atoms. The summed E-state index contributed by atoms with van der Waals surface area (Å²) in [7, 11) is 0. The largest absolute Gasteiger partial charge is 0.326 e. The highest BCUT2D eigenvalue weighted by Crippen LogP contribution is 2.33. The molecule has 3 heterocycles. The van der Waals surface area contributed by atoms with Crippen LogP contribution in [0.1, 0.15) is 29.7 Å². The quantitative estimate of drug-likeness (QED) is 0.220. The molecule has 1 aliphatic rings. The fraction of sp³-hybridized carbons (Fsp3) is 0.212. The smallest absolute Gasteiger partial charge is 0.247 e. The molecule has 5 aromatic rings. The summed E-state index contributed by atoms with van der Waals surface area (Å²) in [4.78, 5) is 49.0. The van der Waals surface area contributed by atoms with Crippen LogP contribution in [-0.2, 0) is 16.1 Å². The van der Waals surface area contributed by atoms with Crippen LogP contribution in [0.25, 0.3) is 33.2 Å². The van der Waals surface area contributed by atoms with Crippen molar-refractivity contribution in [2.24, 2.45) is 0 Å². The number of hydrogen-bond donors (Lipinski definition) is 1. The molecule has 0 saturated carbocycles. The Kier molecular flexibility index (Phi) is 8.11. The van der Waals surface area contributed by atoms with Crippen molar-refractivity contribution >= 4 is 45.8 Å². The number of amides is 2. The van der Waals surface area contributed by atoms with Crippen molar-refractivity contribution in [3.05, 3.63) is 95.4 Å². The maximum Gasteiger partial charge on any atom is 0.247 e. The van der Waals surface area contributed by atoms with Crippen LogP contribution in [0.2, 0.25) is 5.02 Å². The number of carbonyl (C=O) groups excluding carboxylic acids is 3. The molecular formula is C33H27ClF2N6O3. The lowest BCUT2D eigenvalue weighted by molar-refractivity contribution is -0.137. The highest BCUT2D eigenvalue weighted by Gasteiger charge is 2.40. The highest BCUT2D eigenvalue weighted by molar-refractivity contribution is 6.33. The Morgan fingerprint density at radius 2 is 1.73 bits per heavy atom. The first-order valence-corrected chi connectivity index (χ1v) is 14.6. The van der Waals surface area contributed by atoms with E-state index in [2.05, 4.69) is 20.4 Å². The molecule has 9 nitrogen and oxygen atoms in total. The maximum absolute atomic E-state index is 15.5. The van der Waals surface area contributed by atoms with Crippen LogP contribution in [0.4, 0.5) is 14.5 Å². The summed E-state index contributed by atoms with van der Waals surface area (Å²) >= 11 is 6.25. The second kappa shape index (κ2) is 12.2. The summed E-state index contributed by atoms with van der Waals surface area (Å²) in [6, 6.07) is 15.4. The van der Waals surface area contributed by atoms with Gasteiger partial charge < -0.3 is 10.2 Å². The third-order valence-electron chi connectivity index (χ3n) is 7.78. The zero-order chi connectivity index (χ0) is 31.8. The summed E-state index contributed by atoms with van der Waals surface area (Å²) in [6.07, 6.45) is 1.65. The van der Waals surface area contributed by atoms with Gasteiger partial charge in [0.25, 0.3) is 0 Å². The van der Waals surface area contributed by atoms with E-state index in [4.69, 9.17) is 11.6 Å². The van der Waals surface area contributed by atoms with Crippen molar-refractivity contribution in [3.8, 4) is 22.3 Å². The van der Waals surface area contributed by atoms with Gasteiger partial charge in [-0.25, -0.2) is 18.7 Å². The van der Waals surface area contributed by atoms with Gasteiger partial charge in [-0.2, -0.15) is 5.10 Å². The number of anilines is 1. The third-order valence-corrected chi connectivity index (χ3v) is 8.11. The van der Waals surface area contributed by atoms with E-state index in [1.165, 1.54) is 23.7 Å². The van der Waals surface area contributed by atoms with Gasteiger partial charge in [-0.15, -0.1) is 0 Å². The average molecular weight is 629 g/mol. The summed E-state index contributed by atoms with van der Waals surface area (Å²) < 4.78 is 31.6. The minimum atomic E-state index is -1.45. The molecule has 2 atom stereocenters. The van der Waals surface area contributed by atoms with Crippen molar-refractivity contribution in [1.82, 2.24) is 24.6 Å². The van der Waals surface area contributed by atoms with Gasteiger partial charge in [-0.3, -0.25) is 19.1 Å². The van der Waals surface area contributed by atoms with Crippen molar-refractivity contribution in [2.45, 2.75) is 39.0 Å². The number of fused-ring (bicyclic) bond motifs is 1. The molecule has 2 aromatic heterocycles. The Hall–Kier alpha value is -5.03. The molecule has 2 amide bonds. The summed E-state index contributed by atoms with van der Waals surface area (Å²) in [5.41, 5.74) is 2.70. The Morgan fingerprint density at radius 1 is 1.00 bits per heavy atom. The minimum absolute atomic E-state index is 0.119. The number of ketones is 1. The van der Waals surface area contributed by atoms with Gasteiger partial charge in [0.2, 0.25) is 11.8 Å². The summed E-state index contributed by atoms with van der Waals surface area (Å²) in [5, 5.41) is 7.80. The number of carbonyl (C=O) groups is 3. The molecule has 0 spiro atoms. The van der Waals surface area contributed by atoms with Crippen LogP contribution in [-0.4, -0.2) is 61.0 Å². The Bertz CT molecular complexity index is 1960. The number of nitrogens with one attached hydrogen (secondary N) is 1. The third kappa shape index (κ3) is 5.91. The minimum Gasteiger partial charge on any atom is -0.326 e. The van der Waals surface area contributed by atoms with Gasteiger partial charge in [0.1, 0.15) is 30.3 Å². The normalized spacial score (nSPS) is 16.2. The Morgan fingerprint density at radius 3 is 2.47 bits per heavy atom. The number of aryl methyl sites for hydroxylation is 1. The second-order valence-corrected chi connectivity index (χ2v) is 11.3. The first-order valence-electron chi connectivity index (χ1n) is 14.2. The average Bonchev–Trinajstić information content (AvgIpc) is 3.59. The number of rotatable bonds is 7. The number of halogens is 3. The molecule has 1 unspecified atom stereocenters. The molecule has 228 valence electrons. The van der Waals surface area contributed by atoms with Gasteiger partial charge in [0.15, 0.2) is 11.6 Å². The molecule has 12 heteroatoms. The van der Waals surface area contributed by atoms with E-state index in [9.17, 15) is 18.8 Å². The van der Waals surface area contributed by atoms with E-state index < -0.39 is 29.8 Å². The van der Waals surface area contributed by atoms with Crippen molar-refractivity contribution in [3.63, 3.8) is 0 Å². The predicted octanol–water partition coefficient (Wildman–Crippen LogP) is 6.04. The molecular weight excluding hydrogens is 602 g/mol. The Labute approximate surface area is 261 Å². The van der Waals surface area contributed by atoms with Gasteiger partial charge in [-0.1, -0.05) is 48.0 Å². The van der Waals surface area contributed by atoms with Crippen molar-refractivity contribution < 1.29 is 23.2 Å². The fourth-order valence-corrected chi connectivity index (χ4v) is 5.78. The van der Waals surface area contributed by atoms with Gasteiger partial charge >= 0.3 is 0 Å². The van der Waals surface area contributed by atoms with Crippen LogP contribution in [0, 0.1) is 12.7 Å². The highest BCUT2D eigenvalue weighted by atomic mass is 35.5. The molecule has 3 aromatic carbocycles. The number of aromatic nitrogens is 4. The van der Waals surface area contributed by atoms with Gasteiger partial charge in [0, 0.05) is 52.8 Å². The van der Waals surface area contributed by atoms with E-state index in [-0.39, 0.29) is 42.2 Å². The molecule has 0 radical (unpaired) electrons. The van der Waals surface area contributed by atoms with E-state index in [0.29, 0.717) is 27.3 Å². The zero-order valence-corrected chi connectivity index (χ0v) is 25.1. The lowest BCUT2D eigenvalue weighted by Gasteiger charge is -2.24. The van der Waals surface area contributed by atoms with E-state index >= 15 is 4.39 Å². The molecule has 0 aliphatic carbocycles. The molecule has 6 rings (SSSR count). The van der Waals surface area contributed by atoms with Crippen LogP contribution >= 0.6 is 11.6 Å². The lowest BCUT2D eigenvalue weighted by Crippen LogP contribution is -2.44. The van der Waals surface area contributed by atoms with Crippen molar-refractivity contribution in [2.75, 3.05) is 11.9 Å². The summed E-state index contributed by atoms with van der Waals surface area (Å²) in [5.74, 6) is -1.68. The SMILES string of the molecule is CC(=O)c1nn(CC(=O)N2C[C@H](F)CC2C(=O)Nc2cccc(-c3ccccc3Cl)c2F)c2ccc(-c3cnc(C)nc3)cc12. The number of alkyl halides is 1. The van der Waals surface area contributed by atoms with Crippen LogP contribution in [0.15, 0.2) is 73.1 Å². The number of nitrogens with zero attached hydrogens (tertiary/aromatic N) is 5. The molecule has 1 N–H and O–H groups in total. The molecule has 1 aliphatic heterocycles. The van der Waals surface area contributed by atoms with Crippen LogP contribution < -0.4 is 5.32 Å². The number of likely N-dealkylation sites (tertiary alicyclic amines) is 1. The van der Waals surface area contributed by atoms with E-state index in [0.717, 1.165) is 16.0 Å². The first kappa shape index (κ1) is 30.0. The lowest BCUT2D eigenvalue weighted by atomic mass is 10.0. The van der Waals surface area contributed by atoms with Crippen LogP contribution in [0.3, 0.4) is 0 Å².